The molecule has 164 valence electrons. The summed E-state index contributed by atoms with van der Waals surface area (Å²) in [5, 5.41) is 0.762. The molecule has 0 aliphatic carbocycles. The van der Waals surface area contributed by atoms with Gasteiger partial charge in [0.05, 0.1) is 16.2 Å². The number of imide groups is 1. The number of unbranched alkanes of at least 4 members (excludes halogenated alkanes) is 1. The molecule has 1 fully saturated rings. The maximum absolute atomic E-state index is 12.7. The van der Waals surface area contributed by atoms with Gasteiger partial charge in [-0.2, -0.15) is 4.31 Å². The molecule has 0 unspecified atom stereocenters. The zero-order chi connectivity index (χ0) is 21.8. The van der Waals surface area contributed by atoms with Crippen LogP contribution in [0.25, 0.3) is 0 Å². The first-order valence-electron chi connectivity index (χ1n) is 10.5. The monoisotopic (exact) mass is 459 g/mol. The maximum atomic E-state index is 12.7. The van der Waals surface area contributed by atoms with E-state index >= 15 is 0 Å². The molecule has 2 aromatic rings. The number of sulfonamides is 1. The molecule has 4 rings (SSSR count). The van der Waals surface area contributed by atoms with Gasteiger partial charge < -0.3 is 0 Å². The molecule has 0 radical (unpaired) electrons. The molecule has 1 aromatic carbocycles. The highest BCUT2D eigenvalue weighted by atomic mass is 32.2. The Labute approximate surface area is 186 Å². The molecular formula is C22H25N3O4S2. The Balaban J connectivity index is 1.24. The summed E-state index contributed by atoms with van der Waals surface area (Å²) in [6.45, 7) is 1.55. The van der Waals surface area contributed by atoms with Crippen LogP contribution in [0.1, 0.15) is 52.8 Å². The number of piperidine rings is 1. The number of nitrogens with zero attached hydrogens (tertiary/aromatic N) is 3. The van der Waals surface area contributed by atoms with Crippen molar-refractivity contribution >= 4 is 33.6 Å². The highest BCUT2D eigenvalue weighted by Crippen LogP contribution is 2.25. The van der Waals surface area contributed by atoms with Crippen molar-refractivity contribution in [3.63, 3.8) is 0 Å². The largest absolute Gasteiger partial charge is 0.274 e. The van der Waals surface area contributed by atoms with Crippen molar-refractivity contribution in [2.45, 2.75) is 42.0 Å². The third-order valence-electron chi connectivity index (χ3n) is 5.57. The summed E-state index contributed by atoms with van der Waals surface area (Å²) < 4.78 is 26.9. The second-order valence-corrected chi connectivity index (χ2v) is 10.7. The zero-order valence-electron chi connectivity index (χ0n) is 17.2. The van der Waals surface area contributed by atoms with Gasteiger partial charge in [-0.15, -0.1) is 11.8 Å². The number of carbonyl (C=O) groups excluding carboxylic acids is 2. The Morgan fingerprint density at radius 2 is 1.58 bits per heavy atom. The summed E-state index contributed by atoms with van der Waals surface area (Å²) >= 11 is 1.54. The topological polar surface area (TPSA) is 87.7 Å². The Hall–Kier alpha value is -2.23. The number of carbonyl (C=O) groups is 2. The van der Waals surface area contributed by atoms with Gasteiger partial charge in [-0.1, -0.05) is 18.6 Å². The van der Waals surface area contributed by atoms with Crippen LogP contribution in [0.2, 0.25) is 0 Å². The van der Waals surface area contributed by atoms with Crippen molar-refractivity contribution < 1.29 is 18.0 Å². The molecule has 7 nitrogen and oxygen atoms in total. The third-order valence-corrected chi connectivity index (χ3v) is 8.48. The van der Waals surface area contributed by atoms with Crippen molar-refractivity contribution in [1.29, 1.82) is 0 Å². The van der Waals surface area contributed by atoms with E-state index in [1.54, 1.807) is 40.7 Å². The van der Waals surface area contributed by atoms with E-state index in [-0.39, 0.29) is 16.7 Å². The Kier molecular flexibility index (Phi) is 6.74. The molecule has 2 aliphatic rings. The average Bonchev–Trinajstić information content (AvgIpc) is 3.05. The molecule has 3 heterocycles. The van der Waals surface area contributed by atoms with Crippen LogP contribution < -0.4 is 0 Å². The SMILES string of the molecule is O=C1c2ccccc2C(=O)N1CCCCSc1ccc(S(=O)(=O)N2CCCCC2)cn1. The number of hydrogen-bond donors (Lipinski definition) is 0. The normalized spacial score (nSPS) is 17.2. The Morgan fingerprint density at radius 3 is 2.19 bits per heavy atom. The molecule has 9 heteroatoms. The minimum atomic E-state index is -3.46. The predicted octanol–water partition coefficient (Wildman–Crippen LogP) is 3.42. The van der Waals surface area contributed by atoms with Gasteiger partial charge in [0.15, 0.2) is 0 Å². The maximum Gasteiger partial charge on any atom is 0.261 e. The number of amides is 2. The van der Waals surface area contributed by atoms with Crippen LogP contribution in [0.3, 0.4) is 0 Å². The molecule has 1 saturated heterocycles. The number of rotatable bonds is 8. The van der Waals surface area contributed by atoms with Crippen LogP contribution in [-0.2, 0) is 10.0 Å². The van der Waals surface area contributed by atoms with Crippen LogP contribution in [0.15, 0.2) is 52.5 Å². The van der Waals surface area contributed by atoms with Gasteiger partial charge in [0, 0.05) is 25.8 Å². The van der Waals surface area contributed by atoms with Crippen LogP contribution >= 0.6 is 11.8 Å². The summed E-state index contributed by atoms with van der Waals surface area (Å²) in [6, 6.07) is 10.3. The van der Waals surface area contributed by atoms with Crippen molar-refractivity contribution in [2.75, 3.05) is 25.4 Å². The van der Waals surface area contributed by atoms with E-state index in [0.717, 1.165) is 36.5 Å². The van der Waals surface area contributed by atoms with Crippen molar-refractivity contribution in [1.82, 2.24) is 14.2 Å². The lowest BCUT2D eigenvalue weighted by molar-refractivity contribution is 0.0652. The minimum Gasteiger partial charge on any atom is -0.274 e. The number of hydrogen-bond acceptors (Lipinski definition) is 6. The van der Waals surface area contributed by atoms with E-state index in [9.17, 15) is 18.0 Å². The first-order valence-corrected chi connectivity index (χ1v) is 13.0. The fourth-order valence-corrected chi connectivity index (χ4v) is 6.16. The molecule has 0 saturated carbocycles. The van der Waals surface area contributed by atoms with Crippen molar-refractivity contribution in [2.24, 2.45) is 0 Å². The molecule has 0 bridgehead atoms. The summed E-state index contributed by atoms with van der Waals surface area (Å²) in [5.74, 6) is 0.329. The van der Waals surface area contributed by atoms with Gasteiger partial charge in [-0.3, -0.25) is 14.5 Å². The first kappa shape index (κ1) is 22.0. The number of benzene rings is 1. The number of pyridine rings is 1. The van der Waals surface area contributed by atoms with Crippen molar-refractivity contribution in [3.8, 4) is 0 Å². The van der Waals surface area contributed by atoms with Gasteiger partial charge in [-0.05, 0) is 55.7 Å². The minimum absolute atomic E-state index is 0.222. The molecule has 2 amide bonds. The second kappa shape index (κ2) is 9.50. The smallest absolute Gasteiger partial charge is 0.261 e. The van der Waals surface area contributed by atoms with Crippen LogP contribution in [0, 0.1) is 0 Å². The average molecular weight is 460 g/mol. The zero-order valence-corrected chi connectivity index (χ0v) is 18.8. The van der Waals surface area contributed by atoms with E-state index in [2.05, 4.69) is 4.98 Å². The van der Waals surface area contributed by atoms with E-state index in [0.29, 0.717) is 37.2 Å². The third kappa shape index (κ3) is 4.68. The summed E-state index contributed by atoms with van der Waals surface area (Å²) in [7, 11) is -3.46. The number of thioether (sulfide) groups is 1. The quantitative estimate of drug-likeness (QED) is 0.341. The highest BCUT2D eigenvalue weighted by Gasteiger charge is 2.34. The number of fused-ring (bicyclic) bond motifs is 1. The van der Waals surface area contributed by atoms with Crippen LogP contribution in [0.5, 0.6) is 0 Å². The highest BCUT2D eigenvalue weighted by molar-refractivity contribution is 7.99. The van der Waals surface area contributed by atoms with Gasteiger partial charge in [0.2, 0.25) is 10.0 Å². The van der Waals surface area contributed by atoms with Crippen LogP contribution in [0.4, 0.5) is 0 Å². The van der Waals surface area contributed by atoms with E-state index in [4.69, 9.17) is 0 Å². The Bertz CT molecular complexity index is 1030. The molecule has 0 atom stereocenters. The lowest BCUT2D eigenvalue weighted by Gasteiger charge is -2.25. The number of aromatic nitrogens is 1. The predicted molar refractivity (Wildman–Crippen MR) is 119 cm³/mol. The van der Waals surface area contributed by atoms with Gasteiger partial charge in [0.25, 0.3) is 11.8 Å². The van der Waals surface area contributed by atoms with Gasteiger partial charge in [-0.25, -0.2) is 13.4 Å². The molecule has 0 spiro atoms. The molecular weight excluding hydrogens is 434 g/mol. The standard InChI is InChI=1S/C22H25N3O4S2/c26-21-18-8-2-3-9-19(18)22(27)25(21)14-6-7-15-30-20-11-10-17(16-23-20)31(28,29)24-12-4-1-5-13-24/h2-3,8-11,16H,1,4-7,12-15H2. The van der Waals surface area contributed by atoms with E-state index in [1.807, 2.05) is 0 Å². The lowest BCUT2D eigenvalue weighted by atomic mass is 10.1. The molecule has 1 aromatic heterocycles. The fourth-order valence-electron chi connectivity index (χ4n) is 3.85. The lowest BCUT2D eigenvalue weighted by Crippen LogP contribution is -2.35. The van der Waals surface area contributed by atoms with Gasteiger partial charge >= 0.3 is 0 Å². The molecule has 31 heavy (non-hydrogen) atoms. The van der Waals surface area contributed by atoms with Gasteiger partial charge in [0.1, 0.15) is 4.90 Å². The summed E-state index contributed by atoms with van der Waals surface area (Å²) in [5.41, 5.74) is 0.955. The second-order valence-electron chi connectivity index (χ2n) is 7.66. The van der Waals surface area contributed by atoms with E-state index in [1.165, 1.54) is 22.9 Å². The van der Waals surface area contributed by atoms with Crippen LogP contribution in [-0.4, -0.2) is 59.8 Å². The molecule has 2 aliphatic heterocycles. The van der Waals surface area contributed by atoms with Crippen molar-refractivity contribution in [3.05, 3.63) is 53.7 Å². The summed E-state index contributed by atoms with van der Waals surface area (Å²) in [6.07, 6.45) is 5.84. The Morgan fingerprint density at radius 1 is 0.903 bits per heavy atom. The fraction of sp³-hybridized carbons (Fsp3) is 0.409. The summed E-state index contributed by atoms with van der Waals surface area (Å²) in [4.78, 5) is 30.6. The molecule has 0 N–H and O–H groups in total. The van der Waals surface area contributed by atoms with E-state index < -0.39 is 10.0 Å². The first-order chi connectivity index (χ1) is 15.0.